The monoisotopic (exact) mass is 155 g/mol. The van der Waals surface area contributed by atoms with E-state index in [0.29, 0.717) is 11.5 Å². The van der Waals surface area contributed by atoms with Crippen molar-refractivity contribution in [2.24, 2.45) is 11.1 Å². The molecule has 0 aromatic heterocycles. The van der Waals surface area contributed by atoms with E-state index in [1.165, 1.54) is 0 Å². The molecule has 0 fully saturated rings. The van der Waals surface area contributed by atoms with Gasteiger partial charge in [-0.05, 0) is 25.2 Å². The van der Waals surface area contributed by atoms with Crippen LogP contribution in [0.15, 0.2) is 12.2 Å². The van der Waals surface area contributed by atoms with Crippen molar-refractivity contribution < 1.29 is 0 Å². The highest BCUT2D eigenvalue weighted by atomic mass is 14.6. The highest BCUT2D eigenvalue weighted by Crippen LogP contribution is 2.18. The molecular weight excluding hydrogens is 134 g/mol. The van der Waals surface area contributed by atoms with Gasteiger partial charge in [-0.15, -0.1) is 0 Å². The molecule has 0 aromatic carbocycles. The van der Waals surface area contributed by atoms with E-state index in [1.807, 2.05) is 6.92 Å². The summed E-state index contributed by atoms with van der Waals surface area (Å²) in [6.07, 6.45) is 6.54. The van der Waals surface area contributed by atoms with Crippen LogP contribution in [0.2, 0.25) is 0 Å². The molecule has 0 heterocycles. The molecule has 1 heteroatoms. The predicted octanol–water partition coefficient (Wildman–Crippen LogP) is 2.72. The zero-order chi connectivity index (χ0) is 8.91. The number of rotatable bonds is 3. The van der Waals surface area contributed by atoms with E-state index >= 15 is 0 Å². The van der Waals surface area contributed by atoms with Crippen molar-refractivity contribution in [3.05, 3.63) is 12.2 Å². The second-order valence-corrected chi connectivity index (χ2v) is 4.45. The van der Waals surface area contributed by atoms with Gasteiger partial charge in [0.2, 0.25) is 0 Å². The molecule has 0 spiro atoms. The zero-order valence-corrected chi connectivity index (χ0v) is 8.22. The standard InChI is InChI=1S/C10H21N/c1-9(11)7-5-6-8-10(2,3)4/h5-6,9H,7-8,11H2,1-4H3/b6-5-. The maximum Gasteiger partial charge on any atom is 0.00449 e. The summed E-state index contributed by atoms with van der Waals surface area (Å²) in [7, 11) is 0. The summed E-state index contributed by atoms with van der Waals surface area (Å²) in [6, 6.07) is 0.297. The quantitative estimate of drug-likeness (QED) is 0.623. The maximum absolute atomic E-state index is 5.59. The Morgan fingerprint density at radius 1 is 1.27 bits per heavy atom. The summed E-state index contributed by atoms with van der Waals surface area (Å²) < 4.78 is 0. The van der Waals surface area contributed by atoms with Crippen LogP contribution in [0.1, 0.15) is 40.5 Å². The largest absolute Gasteiger partial charge is 0.328 e. The lowest BCUT2D eigenvalue weighted by molar-refractivity contribution is 0.420. The molecule has 0 radical (unpaired) electrons. The molecule has 0 bridgehead atoms. The molecule has 0 aromatic rings. The third-order valence-electron chi connectivity index (χ3n) is 1.40. The van der Waals surface area contributed by atoms with Crippen molar-refractivity contribution in [2.45, 2.75) is 46.6 Å². The van der Waals surface area contributed by atoms with Crippen molar-refractivity contribution in [3.8, 4) is 0 Å². The SMILES string of the molecule is CC(N)C/C=C\CC(C)(C)C. The van der Waals surface area contributed by atoms with E-state index in [0.717, 1.165) is 12.8 Å². The van der Waals surface area contributed by atoms with Crippen LogP contribution < -0.4 is 5.73 Å². The summed E-state index contributed by atoms with van der Waals surface area (Å²) >= 11 is 0. The Morgan fingerprint density at radius 2 is 1.82 bits per heavy atom. The molecule has 1 nitrogen and oxygen atoms in total. The van der Waals surface area contributed by atoms with E-state index in [9.17, 15) is 0 Å². The Bertz CT molecular complexity index is 117. The minimum Gasteiger partial charge on any atom is -0.328 e. The van der Waals surface area contributed by atoms with Crippen LogP contribution >= 0.6 is 0 Å². The Balaban J connectivity index is 3.46. The molecule has 0 saturated carbocycles. The lowest BCUT2D eigenvalue weighted by atomic mass is 9.92. The fraction of sp³-hybridized carbons (Fsp3) is 0.800. The Labute approximate surface area is 70.7 Å². The normalized spacial score (nSPS) is 15.7. The van der Waals surface area contributed by atoms with Gasteiger partial charge in [-0.3, -0.25) is 0 Å². The minimum atomic E-state index is 0.297. The first kappa shape index (κ1) is 10.7. The number of nitrogens with two attached hydrogens (primary N) is 1. The molecule has 11 heavy (non-hydrogen) atoms. The van der Waals surface area contributed by atoms with Crippen molar-refractivity contribution in [1.82, 2.24) is 0 Å². The Kier molecular flexibility index (Phi) is 4.43. The summed E-state index contributed by atoms with van der Waals surface area (Å²) in [5.41, 5.74) is 6.00. The average Bonchev–Trinajstić information content (AvgIpc) is 1.78. The van der Waals surface area contributed by atoms with Gasteiger partial charge in [-0.1, -0.05) is 32.9 Å². The van der Waals surface area contributed by atoms with Crippen LogP contribution in [-0.2, 0) is 0 Å². The second-order valence-electron chi connectivity index (χ2n) is 4.45. The third kappa shape index (κ3) is 9.70. The molecular formula is C10H21N. The van der Waals surface area contributed by atoms with E-state index in [1.54, 1.807) is 0 Å². The third-order valence-corrected chi connectivity index (χ3v) is 1.40. The second kappa shape index (κ2) is 4.55. The summed E-state index contributed by atoms with van der Waals surface area (Å²) in [5.74, 6) is 0. The fourth-order valence-corrected chi connectivity index (χ4v) is 0.748. The first-order valence-corrected chi connectivity index (χ1v) is 4.32. The highest BCUT2D eigenvalue weighted by molar-refractivity contribution is 4.87. The van der Waals surface area contributed by atoms with Gasteiger partial charge in [0.15, 0.2) is 0 Å². The molecule has 0 rings (SSSR count). The molecule has 0 aliphatic carbocycles. The van der Waals surface area contributed by atoms with Crippen LogP contribution in [0.4, 0.5) is 0 Å². The highest BCUT2D eigenvalue weighted by Gasteiger charge is 2.05. The van der Waals surface area contributed by atoms with E-state index in [4.69, 9.17) is 5.73 Å². The van der Waals surface area contributed by atoms with Crippen molar-refractivity contribution in [3.63, 3.8) is 0 Å². The van der Waals surface area contributed by atoms with Crippen LogP contribution in [0, 0.1) is 5.41 Å². The maximum atomic E-state index is 5.59. The van der Waals surface area contributed by atoms with E-state index in [-0.39, 0.29) is 0 Å². The van der Waals surface area contributed by atoms with Gasteiger partial charge in [-0.25, -0.2) is 0 Å². The lowest BCUT2D eigenvalue weighted by Gasteiger charge is -2.14. The smallest absolute Gasteiger partial charge is 0.00449 e. The van der Waals surface area contributed by atoms with E-state index < -0.39 is 0 Å². The van der Waals surface area contributed by atoms with Gasteiger partial charge in [0.1, 0.15) is 0 Å². The molecule has 0 aliphatic rings. The van der Waals surface area contributed by atoms with Crippen LogP contribution in [0.5, 0.6) is 0 Å². The number of allylic oxidation sites excluding steroid dienone is 1. The summed E-state index contributed by atoms with van der Waals surface area (Å²) in [4.78, 5) is 0. The number of hydrogen-bond donors (Lipinski definition) is 1. The molecule has 0 saturated heterocycles. The van der Waals surface area contributed by atoms with Gasteiger partial charge < -0.3 is 5.73 Å². The predicted molar refractivity (Wildman–Crippen MR) is 51.5 cm³/mol. The summed E-state index contributed by atoms with van der Waals surface area (Å²) in [5, 5.41) is 0. The van der Waals surface area contributed by atoms with Crippen molar-refractivity contribution in [1.29, 1.82) is 0 Å². The van der Waals surface area contributed by atoms with Crippen LogP contribution in [-0.4, -0.2) is 6.04 Å². The summed E-state index contributed by atoms with van der Waals surface area (Å²) in [6.45, 7) is 8.75. The Morgan fingerprint density at radius 3 is 2.18 bits per heavy atom. The van der Waals surface area contributed by atoms with Gasteiger partial charge in [0.05, 0.1) is 0 Å². The molecule has 66 valence electrons. The van der Waals surface area contributed by atoms with E-state index in [2.05, 4.69) is 32.9 Å². The fourth-order valence-electron chi connectivity index (χ4n) is 0.748. The molecule has 0 amide bonds. The first-order valence-electron chi connectivity index (χ1n) is 4.32. The van der Waals surface area contributed by atoms with Crippen LogP contribution in [0.25, 0.3) is 0 Å². The molecule has 1 atom stereocenters. The minimum absolute atomic E-state index is 0.297. The van der Waals surface area contributed by atoms with Crippen molar-refractivity contribution in [2.75, 3.05) is 0 Å². The average molecular weight is 155 g/mol. The Hall–Kier alpha value is -0.300. The van der Waals surface area contributed by atoms with Crippen LogP contribution in [0.3, 0.4) is 0 Å². The zero-order valence-electron chi connectivity index (χ0n) is 8.22. The van der Waals surface area contributed by atoms with Crippen molar-refractivity contribution >= 4 is 0 Å². The van der Waals surface area contributed by atoms with Gasteiger partial charge >= 0.3 is 0 Å². The van der Waals surface area contributed by atoms with Gasteiger partial charge in [-0.2, -0.15) is 0 Å². The first-order chi connectivity index (χ1) is 4.92. The van der Waals surface area contributed by atoms with Gasteiger partial charge in [0, 0.05) is 6.04 Å². The molecule has 2 N–H and O–H groups in total. The number of hydrogen-bond acceptors (Lipinski definition) is 1. The lowest BCUT2D eigenvalue weighted by Crippen LogP contribution is -2.12. The molecule has 0 aliphatic heterocycles. The molecule has 1 unspecified atom stereocenters. The van der Waals surface area contributed by atoms with Gasteiger partial charge in [0.25, 0.3) is 0 Å². The topological polar surface area (TPSA) is 26.0 Å².